The number of carbonyl (C=O) groups excluding carboxylic acids is 1. The standard InChI is InChI=1S/C13H23NO3/c1-8(2)14-10(15)9-6-7-13(5,11(16)17)12(9,3)4/h8-9H,6-7H2,1-5H3,(H,14,15)(H,16,17)/t9-,13-/m0/s1. The topological polar surface area (TPSA) is 66.4 Å². The zero-order valence-electron chi connectivity index (χ0n) is 11.3. The van der Waals surface area contributed by atoms with Crippen LogP contribution in [0.4, 0.5) is 0 Å². The Labute approximate surface area is 103 Å². The molecule has 4 nitrogen and oxygen atoms in total. The summed E-state index contributed by atoms with van der Waals surface area (Å²) in [5.74, 6) is -1.04. The van der Waals surface area contributed by atoms with E-state index < -0.39 is 16.8 Å². The molecule has 0 heterocycles. The Morgan fingerprint density at radius 2 is 1.82 bits per heavy atom. The van der Waals surface area contributed by atoms with E-state index in [0.717, 1.165) is 0 Å². The summed E-state index contributed by atoms with van der Waals surface area (Å²) in [5, 5.41) is 12.2. The maximum Gasteiger partial charge on any atom is 0.309 e. The molecular formula is C13H23NO3. The second-order valence-electron chi connectivity index (χ2n) is 6.11. The molecule has 4 heteroatoms. The first-order valence-electron chi connectivity index (χ1n) is 6.16. The van der Waals surface area contributed by atoms with Crippen LogP contribution in [0.25, 0.3) is 0 Å². The third-order valence-corrected chi connectivity index (χ3v) is 4.45. The molecule has 1 aliphatic rings. The van der Waals surface area contributed by atoms with Gasteiger partial charge in [0.25, 0.3) is 0 Å². The minimum atomic E-state index is -0.814. The molecule has 1 saturated carbocycles. The van der Waals surface area contributed by atoms with Crippen LogP contribution in [0.5, 0.6) is 0 Å². The number of nitrogens with one attached hydrogen (secondary N) is 1. The maximum absolute atomic E-state index is 12.1. The van der Waals surface area contributed by atoms with Gasteiger partial charge >= 0.3 is 5.97 Å². The average molecular weight is 241 g/mol. The fraction of sp³-hybridized carbons (Fsp3) is 0.846. The molecule has 1 aliphatic carbocycles. The number of amides is 1. The van der Waals surface area contributed by atoms with Gasteiger partial charge in [-0.15, -0.1) is 0 Å². The highest BCUT2D eigenvalue weighted by Crippen LogP contribution is 2.56. The molecule has 1 amide bonds. The summed E-state index contributed by atoms with van der Waals surface area (Å²) < 4.78 is 0. The highest BCUT2D eigenvalue weighted by atomic mass is 16.4. The third kappa shape index (κ3) is 2.17. The summed E-state index contributed by atoms with van der Waals surface area (Å²) in [7, 11) is 0. The van der Waals surface area contributed by atoms with Crippen molar-refractivity contribution in [1.29, 1.82) is 0 Å². The monoisotopic (exact) mass is 241 g/mol. The van der Waals surface area contributed by atoms with E-state index in [1.54, 1.807) is 6.92 Å². The van der Waals surface area contributed by atoms with Crippen LogP contribution in [-0.4, -0.2) is 23.0 Å². The molecule has 0 saturated heterocycles. The maximum atomic E-state index is 12.1. The van der Waals surface area contributed by atoms with Crippen molar-refractivity contribution in [3.63, 3.8) is 0 Å². The number of carboxylic acid groups (broad SMARTS) is 1. The molecule has 0 aromatic heterocycles. The summed E-state index contributed by atoms with van der Waals surface area (Å²) in [6.45, 7) is 9.35. The molecule has 0 spiro atoms. The molecule has 0 aromatic carbocycles. The van der Waals surface area contributed by atoms with Crippen LogP contribution in [0.1, 0.15) is 47.5 Å². The molecule has 98 valence electrons. The molecular weight excluding hydrogens is 218 g/mol. The molecule has 2 atom stereocenters. The molecule has 0 bridgehead atoms. The summed E-state index contributed by atoms with van der Waals surface area (Å²) in [4.78, 5) is 23.5. The van der Waals surface area contributed by atoms with Crippen molar-refractivity contribution < 1.29 is 14.7 Å². The SMILES string of the molecule is CC(C)NC(=O)[C@@H]1CC[C@@](C)(C(=O)O)C1(C)C. The summed E-state index contributed by atoms with van der Waals surface area (Å²) in [6, 6.07) is 0.0926. The Hall–Kier alpha value is -1.06. The van der Waals surface area contributed by atoms with Gasteiger partial charge in [-0.25, -0.2) is 0 Å². The van der Waals surface area contributed by atoms with Gasteiger partial charge < -0.3 is 10.4 Å². The lowest BCUT2D eigenvalue weighted by Crippen LogP contribution is -2.46. The number of rotatable bonds is 3. The zero-order valence-corrected chi connectivity index (χ0v) is 11.3. The molecule has 0 radical (unpaired) electrons. The van der Waals surface area contributed by atoms with Crippen LogP contribution in [0.15, 0.2) is 0 Å². The van der Waals surface area contributed by atoms with Gasteiger partial charge in [-0.1, -0.05) is 13.8 Å². The van der Waals surface area contributed by atoms with Crippen molar-refractivity contribution in [2.75, 3.05) is 0 Å². The average Bonchev–Trinajstić information content (AvgIpc) is 2.38. The fourth-order valence-electron chi connectivity index (χ4n) is 2.73. The van der Waals surface area contributed by atoms with Crippen LogP contribution in [-0.2, 0) is 9.59 Å². The Balaban J connectivity index is 2.93. The van der Waals surface area contributed by atoms with Crippen molar-refractivity contribution >= 4 is 11.9 Å². The minimum absolute atomic E-state index is 0.0185. The van der Waals surface area contributed by atoms with Gasteiger partial charge in [0, 0.05) is 12.0 Å². The van der Waals surface area contributed by atoms with E-state index in [9.17, 15) is 14.7 Å². The zero-order chi connectivity index (χ0) is 13.4. The van der Waals surface area contributed by atoms with Crippen LogP contribution in [0, 0.1) is 16.7 Å². The fourth-order valence-corrected chi connectivity index (χ4v) is 2.73. The first kappa shape index (κ1) is 14.0. The second-order valence-corrected chi connectivity index (χ2v) is 6.11. The molecule has 0 aromatic rings. The lowest BCUT2D eigenvalue weighted by Gasteiger charge is -2.38. The Morgan fingerprint density at radius 3 is 2.18 bits per heavy atom. The van der Waals surface area contributed by atoms with Gasteiger partial charge in [-0.2, -0.15) is 0 Å². The Kier molecular flexibility index (Phi) is 3.55. The number of carboxylic acids is 1. The van der Waals surface area contributed by atoms with E-state index in [-0.39, 0.29) is 17.9 Å². The number of carbonyl (C=O) groups is 2. The lowest BCUT2D eigenvalue weighted by molar-refractivity contribution is -0.155. The van der Waals surface area contributed by atoms with Crippen molar-refractivity contribution in [2.24, 2.45) is 16.7 Å². The largest absolute Gasteiger partial charge is 0.481 e. The van der Waals surface area contributed by atoms with E-state index >= 15 is 0 Å². The first-order chi connectivity index (χ1) is 7.63. The van der Waals surface area contributed by atoms with Crippen molar-refractivity contribution in [1.82, 2.24) is 5.32 Å². The number of hydrogen-bond donors (Lipinski definition) is 2. The van der Waals surface area contributed by atoms with Gasteiger partial charge in [0.1, 0.15) is 0 Å². The van der Waals surface area contributed by atoms with Crippen LogP contribution >= 0.6 is 0 Å². The first-order valence-corrected chi connectivity index (χ1v) is 6.16. The van der Waals surface area contributed by atoms with Crippen LogP contribution in [0.3, 0.4) is 0 Å². The lowest BCUT2D eigenvalue weighted by atomic mass is 9.65. The van der Waals surface area contributed by atoms with Gasteiger partial charge in [-0.3, -0.25) is 9.59 Å². The highest BCUT2D eigenvalue weighted by Gasteiger charge is 2.58. The molecule has 17 heavy (non-hydrogen) atoms. The van der Waals surface area contributed by atoms with Gasteiger partial charge in [-0.05, 0) is 39.0 Å². The second kappa shape index (κ2) is 4.31. The van der Waals surface area contributed by atoms with Crippen molar-refractivity contribution in [3.05, 3.63) is 0 Å². The van der Waals surface area contributed by atoms with E-state index in [1.165, 1.54) is 0 Å². The molecule has 2 N–H and O–H groups in total. The van der Waals surface area contributed by atoms with E-state index in [0.29, 0.717) is 12.8 Å². The molecule has 0 aliphatic heterocycles. The van der Waals surface area contributed by atoms with E-state index in [1.807, 2.05) is 27.7 Å². The third-order valence-electron chi connectivity index (χ3n) is 4.45. The number of hydrogen-bond acceptors (Lipinski definition) is 2. The Bertz CT molecular complexity index is 336. The molecule has 1 rings (SSSR count). The summed E-state index contributed by atoms with van der Waals surface area (Å²) >= 11 is 0. The van der Waals surface area contributed by atoms with Gasteiger partial charge in [0.2, 0.25) is 5.91 Å². The Morgan fingerprint density at radius 1 is 1.29 bits per heavy atom. The smallest absolute Gasteiger partial charge is 0.309 e. The van der Waals surface area contributed by atoms with E-state index in [4.69, 9.17) is 0 Å². The van der Waals surface area contributed by atoms with Gasteiger partial charge in [0.05, 0.1) is 5.41 Å². The predicted molar refractivity (Wildman–Crippen MR) is 65.5 cm³/mol. The highest BCUT2D eigenvalue weighted by molar-refractivity contribution is 5.84. The van der Waals surface area contributed by atoms with Crippen LogP contribution < -0.4 is 5.32 Å². The summed E-state index contributed by atoms with van der Waals surface area (Å²) in [5.41, 5.74) is -1.33. The minimum Gasteiger partial charge on any atom is -0.481 e. The number of aliphatic carboxylic acids is 1. The quantitative estimate of drug-likeness (QED) is 0.794. The van der Waals surface area contributed by atoms with Crippen molar-refractivity contribution in [2.45, 2.75) is 53.5 Å². The van der Waals surface area contributed by atoms with Crippen LogP contribution in [0.2, 0.25) is 0 Å². The van der Waals surface area contributed by atoms with Gasteiger partial charge in [0.15, 0.2) is 0 Å². The molecule has 0 unspecified atom stereocenters. The van der Waals surface area contributed by atoms with Crippen molar-refractivity contribution in [3.8, 4) is 0 Å². The predicted octanol–water partition coefficient (Wildman–Crippen LogP) is 2.04. The summed E-state index contributed by atoms with van der Waals surface area (Å²) in [6.07, 6.45) is 1.21. The molecule has 1 fully saturated rings. The normalized spacial score (nSPS) is 31.5. The van der Waals surface area contributed by atoms with E-state index in [2.05, 4.69) is 5.32 Å².